The van der Waals surface area contributed by atoms with Crippen LogP contribution in [-0.4, -0.2) is 16.6 Å². The van der Waals surface area contributed by atoms with Crippen molar-refractivity contribution < 1.29 is 13.9 Å². The van der Waals surface area contributed by atoms with Crippen molar-refractivity contribution in [3.63, 3.8) is 0 Å². The van der Waals surface area contributed by atoms with Crippen molar-refractivity contribution in [1.82, 2.24) is 4.57 Å². The number of esters is 1. The maximum Gasteiger partial charge on any atom is 0.338 e. The number of carbonyl (C=O) groups is 1. The van der Waals surface area contributed by atoms with E-state index in [1.807, 2.05) is 17.5 Å². The third-order valence-electron chi connectivity index (χ3n) is 4.56. The largest absolute Gasteiger partial charge is 0.459 e. The van der Waals surface area contributed by atoms with Crippen LogP contribution in [0.2, 0.25) is 0 Å². The first-order chi connectivity index (χ1) is 14.3. The van der Waals surface area contributed by atoms with Crippen molar-refractivity contribution in [2.75, 3.05) is 0 Å². The Morgan fingerprint density at radius 1 is 1.27 bits per heavy atom. The number of fused-ring (bicyclic) bond motifs is 1. The number of hydrogen-bond donors (Lipinski definition) is 0. The highest BCUT2D eigenvalue weighted by Gasteiger charge is 2.34. The molecule has 2 aromatic heterocycles. The summed E-state index contributed by atoms with van der Waals surface area (Å²) in [6, 6.07) is 9.11. The van der Waals surface area contributed by atoms with Crippen molar-refractivity contribution in [3.8, 4) is 0 Å². The monoisotopic (exact) mass is 442 g/mol. The smallest absolute Gasteiger partial charge is 0.338 e. The average Bonchev–Trinajstić information content (AvgIpc) is 3.31. The minimum absolute atomic E-state index is 0.246. The van der Waals surface area contributed by atoms with Crippen molar-refractivity contribution in [2.24, 2.45) is 4.99 Å². The molecule has 0 fully saturated rings. The Morgan fingerprint density at radius 2 is 2.00 bits per heavy atom. The van der Waals surface area contributed by atoms with Gasteiger partial charge in [-0.25, -0.2) is 14.2 Å². The van der Waals surface area contributed by atoms with Crippen LogP contribution in [0.15, 0.2) is 62.8 Å². The second kappa shape index (κ2) is 8.12. The third-order valence-corrected chi connectivity index (χ3v) is 6.47. The van der Waals surface area contributed by atoms with Gasteiger partial charge in [-0.1, -0.05) is 29.5 Å². The molecule has 154 valence electrons. The SMILES string of the molecule is CC1=C(C(=O)OC(C)C)C(c2cccs2)n2c(s/c(=C\c3ccc(F)cc3)c2=O)=N1. The molecular formula is C22H19FN2O3S2. The van der Waals surface area contributed by atoms with Gasteiger partial charge in [0.2, 0.25) is 0 Å². The fourth-order valence-electron chi connectivity index (χ4n) is 3.29. The molecule has 0 N–H and O–H groups in total. The molecule has 0 radical (unpaired) electrons. The lowest BCUT2D eigenvalue weighted by molar-refractivity contribution is -0.143. The summed E-state index contributed by atoms with van der Waals surface area (Å²) in [6.07, 6.45) is 1.42. The molecule has 4 rings (SSSR count). The fourth-order valence-corrected chi connectivity index (χ4v) is 5.16. The number of carbonyl (C=O) groups excluding carboxylic acids is 1. The summed E-state index contributed by atoms with van der Waals surface area (Å²) in [6.45, 7) is 5.33. The van der Waals surface area contributed by atoms with Crippen LogP contribution in [0.25, 0.3) is 6.08 Å². The van der Waals surface area contributed by atoms with Gasteiger partial charge >= 0.3 is 5.97 Å². The first-order valence-corrected chi connectivity index (χ1v) is 11.1. The summed E-state index contributed by atoms with van der Waals surface area (Å²) in [4.78, 5) is 32.1. The van der Waals surface area contributed by atoms with Crippen LogP contribution in [0.3, 0.4) is 0 Å². The second-order valence-electron chi connectivity index (χ2n) is 7.10. The number of rotatable bonds is 4. The number of thiazole rings is 1. The van der Waals surface area contributed by atoms with Crippen LogP contribution in [0, 0.1) is 5.82 Å². The van der Waals surface area contributed by atoms with Gasteiger partial charge in [-0.3, -0.25) is 9.36 Å². The van der Waals surface area contributed by atoms with Crippen LogP contribution in [0.4, 0.5) is 4.39 Å². The quantitative estimate of drug-likeness (QED) is 0.582. The van der Waals surface area contributed by atoms with E-state index in [2.05, 4.69) is 4.99 Å². The molecule has 0 saturated heterocycles. The minimum atomic E-state index is -0.595. The Morgan fingerprint density at radius 3 is 2.63 bits per heavy atom. The van der Waals surface area contributed by atoms with Gasteiger partial charge in [0.05, 0.1) is 21.9 Å². The van der Waals surface area contributed by atoms with E-state index in [4.69, 9.17) is 4.74 Å². The molecule has 8 heteroatoms. The van der Waals surface area contributed by atoms with E-state index in [0.29, 0.717) is 26.2 Å². The molecule has 1 aliphatic rings. The normalized spacial score (nSPS) is 16.6. The Bertz CT molecular complexity index is 1300. The molecule has 3 heterocycles. The van der Waals surface area contributed by atoms with E-state index >= 15 is 0 Å². The standard InChI is InChI=1S/C22H19FN2O3S2/c1-12(2)28-21(27)18-13(3)24-22-25(19(18)16-5-4-10-29-16)20(26)17(30-22)11-14-6-8-15(23)9-7-14/h4-12,19H,1-3H3/b17-11-. The summed E-state index contributed by atoms with van der Waals surface area (Å²) >= 11 is 2.71. The summed E-state index contributed by atoms with van der Waals surface area (Å²) in [5, 5.41) is 1.91. The molecule has 30 heavy (non-hydrogen) atoms. The van der Waals surface area contributed by atoms with Gasteiger partial charge in [0.15, 0.2) is 4.80 Å². The molecule has 0 saturated carbocycles. The van der Waals surface area contributed by atoms with Crippen molar-refractivity contribution in [1.29, 1.82) is 0 Å². The molecule has 1 aromatic carbocycles. The van der Waals surface area contributed by atoms with Crippen LogP contribution in [0.1, 0.15) is 37.3 Å². The number of halogens is 1. The number of ether oxygens (including phenoxy) is 1. The predicted octanol–water partition coefficient (Wildman–Crippen LogP) is 3.39. The highest BCUT2D eigenvalue weighted by Crippen LogP contribution is 2.33. The number of allylic oxidation sites excluding steroid dienone is 1. The molecule has 1 atom stereocenters. The van der Waals surface area contributed by atoms with E-state index < -0.39 is 12.0 Å². The van der Waals surface area contributed by atoms with E-state index in [1.165, 1.54) is 34.8 Å². The van der Waals surface area contributed by atoms with Gasteiger partial charge in [-0.15, -0.1) is 11.3 Å². The van der Waals surface area contributed by atoms with Crippen LogP contribution in [-0.2, 0) is 9.53 Å². The Labute approximate surface area is 180 Å². The van der Waals surface area contributed by atoms with E-state index in [-0.39, 0.29) is 17.5 Å². The molecule has 0 bridgehead atoms. The molecule has 0 aliphatic carbocycles. The highest BCUT2D eigenvalue weighted by atomic mass is 32.1. The molecule has 0 spiro atoms. The minimum Gasteiger partial charge on any atom is -0.459 e. The predicted molar refractivity (Wildman–Crippen MR) is 116 cm³/mol. The summed E-state index contributed by atoms with van der Waals surface area (Å²) in [5.41, 5.74) is 1.37. The number of thiophene rings is 1. The van der Waals surface area contributed by atoms with Gasteiger partial charge in [-0.2, -0.15) is 0 Å². The number of nitrogens with zero attached hydrogens (tertiary/aromatic N) is 2. The Hall–Kier alpha value is -2.84. The highest BCUT2D eigenvalue weighted by molar-refractivity contribution is 7.10. The molecule has 3 aromatic rings. The average molecular weight is 443 g/mol. The summed E-state index contributed by atoms with van der Waals surface area (Å²) < 4.78 is 20.7. The summed E-state index contributed by atoms with van der Waals surface area (Å²) in [5.74, 6) is -0.812. The number of aromatic nitrogens is 1. The lowest BCUT2D eigenvalue weighted by Crippen LogP contribution is -2.39. The molecule has 0 amide bonds. The van der Waals surface area contributed by atoms with Crippen molar-refractivity contribution in [3.05, 3.63) is 89.0 Å². The summed E-state index contributed by atoms with van der Waals surface area (Å²) in [7, 11) is 0. The van der Waals surface area contributed by atoms with Gasteiger partial charge in [0.1, 0.15) is 11.9 Å². The van der Waals surface area contributed by atoms with Crippen molar-refractivity contribution in [2.45, 2.75) is 32.9 Å². The first-order valence-electron chi connectivity index (χ1n) is 9.37. The van der Waals surface area contributed by atoms with E-state index in [1.54, 1.807) is 43.5 Å². The zero-order valence-electron chi connectivity index (χ0n) is 16.6. The Balaban J connectivity index is 1.91. The second-order valence-corrected chi connectivity index (χ2v) is 9.09. The van der Waals surface area contributed by atoms with Crippen LogP contribution >= 0.6 is 22.7 Å². The topological polar surface area (TPSA) is 60.7 Å². The van der Waals surface area contributed by atoms with Gasteiger partial charge < -0.3 is 4.74 Å². The van der Waals surface area contributed by atoms with E-state index in [9.17, 15) is 14.0 Å². The lowest BCUT2D eigenvalue weighted by Gasteiger charge is -2.24. The number of benzene rings is 1. The van der Waals surface area contributed by atoms with Crippen LogP contribution in [0.5, 0.6) is 0 Å². The van der Waals surface area contributed by atoms with Gasteiger partial charge in [-0.05, 0) is 56.0 Å². The fraction of sp³-hybridized carbons (Fsp3) is 0.227. The molecule has 5 nitrogen and oxygen atoms in total. The van der Waals surface area contributed by atoms with Crippen molar-refractivity contribution >= 4 is 34.7 Å². The lowest BCUT2D eigenvalue weighted by atomic mass is 10.0. The maximum absolute atomic E-state index is 13.3. The van der Waals surface area contributed by atoms with Gasteiger partial charge in [0.25, 0.3) is 5.56 Å². The third kappa shape index (κ3) is 3.80. The molecule has 1 unspecified atom stereocenters. The zero-order valence-corrected chi connectivity index (χ0v) is 18.2. The van der Waals surface area contributed by atoms with Crippen LogP contribution < -0.4 is 14.9 Å². The van der Waals surface area contributed by atoms with E-state index in [0.717, 1.165) is 4.88 Å². The molecule has 1 aliphatic heterocycles. The Kier molecular flexibility index (Phi) is 5.53. The van der Waals surface area contributed by atoms with Gasteiger partial charge in [0, 0.05) is 4.88 Å². The zero-order chi connectivity index (χ0) is 21.4. The molecular weight excluding hydrogens is 423 g/mol. The maximum atomic E-state index is 13.3. The number of hydrogen-bond acceptors (Lipinski definition) is 6. The first kappa shape index (κ1) is 20.4.